The van der Waals surface area contributed by atoms with E-state index >= 15 is 0 Å². The van der Waals surface area contributed by atoms with Gasteiger partial charge in [0.25, 0.3) is 10.4 Å². The lowest BCUT2D eigenvalue weighted by molar-refractivity contribution is 0.0597. The van der Waals surface area contributed by atoms with Crippen molar-refractivity contribution in [2.45, 2.75) is 37.9 Å². The van der Waals surface area contributed by atoms with Crippen molar-refractivity contribution < 1.29 is 51.2 Å². The summed E-state index contributed by atoms with van der Waals surface area (Å²) >= 11 is 2.20. The van der Waals surface area contributed by atoms with Crippen molar-refractivity contribution >= 4 is 34.6 Å². The van der Waals surface area contributed by atoms with Crippen LogP contribution in [0.2, 0.25) is 0 Å². The van der Waals surface area contributed by atoms with E-state index in [1.54, 1.807) is 24.4 Å². The van der Waals surface area contributed by atoms with E-state index in [1.807, 2.05) is 18.2 Å². The number of methoxy groups -OCH3 is 2. The average Bonchev–Trinajstić information content (AvgIpc) is 3.88. The summed E-state index contributed by atoms with van der Waals surface area (Å²) < 4.78 is 73.5. The summed E-state index contributed by atoms with van der Waals surface area (Å²) in [7, 11) is 2.62. The minimum Gasteiger partial charge on any atom is -0.485 e. The van der Waals surface area contributed by atoms with Crippen molar-refractivity contribution in [2.75, 3.05) is 14.2 Å². The molecular formula is C39H30F3N3O8S2. The van der Waals surface area contributed by atoms with E-state index < -0.39 is 29.7 Å². The van der Waals surface area contributed by atoms with Crippen LogP contribution in [0.5, 0.6) is 33.4 Å². The van der Waals surface area contributed by atoms with Gasteiger partial charge in [0.15, 0.2) is 0 Å². The van der Waals surface area contributed by atoms with Crippen LogP contribution in [0.25, 0.3) is 0 Å². The maximum atomic E-state index is 14.0. The highest BCUT2D eigenvalue weighted by Crippen LogP contribution is 2.40. The number of hydrogen-bond donors (Lipinski definition) is 0. The first-order chi connectivity index (χ1) is 26.6. The SMILES string of the molecule is COC(=O)c1cnc(Oc2ccc3c(c2)CCC(c2cc(F)ccc2F)O3)s1.COC(=O)c1cnc(Oc2ccc3c(c2)CCC(c2cncc(F)c2)O3)s1. The third-order valence-electron chi connectivity index (χ3n) is 8.51. The van der Waals surface area contributed by atoms with Gasteiger partial charge in [-0.3, -0.25) is 4.98 Å². The summed E-state index contributed by atoms with van der Waals surface area (Å²) in [5.41, 5.74) is 2.83. The predicted octanol–water partition coefficient (Wildman–Crippen LogP) is 9.39. The molecule has 2 atom stereocenters. The van der Waals surface area contributed by atoms with Crippen LogP contribution in [-0.2, 0) is 22.3 Å². The molecule has 8 rings (SSSR count). The Morgan fingerprint density at radius 1 is 0.673 bits per heavy atom. The third kappa shape index (κ3) is 8.87. The number of carbonyl (C=O) groups excluding carboxylic acids is 2. The molecule has 16 heteroatoms. The minimum atomic E-state index is -0.545. The molecule has 11 nitrogen and oxygen atoms in total. The van der Waals surface area contributed by atoms with Gasteiger partial charge in [-0.1, -0.05) is 22.7 Å². The molecule has 0 bridgehead atoms. The predicted molar refractivity (Wildman–Crippen MR) is 194 cm³/mol. The highest BCUT2D eigenvalue weighted by atomic mass is 32.1. The molecule has 0 radical (unpaired) electrons. The minimum absolute atomic E-state index is 0.212. The molecule has 0 aliphatic carbocycles. The Morgan fingerprint density at radius 3 is 1.80 bits per heavy atom. The molecule has 5 heterocycles. The van der Waals surface area contributed by atoms with Gasteiger partial charge in [0.05, 0.1) is 32.8 Å². The van der Waals surface area contributed by atoms with Crippen LogP contribution in [-0.4, -0.2) is 41.1 Å². The Bertz CT molecular complexity index is 2350. The average molecular weight is 790 g/mol. The third-order valence-corrected chi connectivity index (χ3v) is 10.2. The second-order valence-electron chi connectivity index (χ2n) is 12.1. The Morgan fingerprint density at radius 2 is 1.24 bits per heavy atom. The van der Waals surface area contributed by atoms with E-state index in [0.29, 0.717) is 56.7 Å². The van der Waals surface area contributed by atoms with Gasteiger partial charge in [-0.2, -0.15) is 0 Å². The fourth-order valence-electron chi connectivity index (χ4n) is 5.88. The topological polar surface area (TPSA) is 128 Å². The molecule has 282 valence electrons. The van der Waals surface area contributed by atoms with Gasteiger partial charge in [0.1, 0.15) is 62.4 Å². The molecule has 2 unspecified atom stereocenters. The Hall–Kier alpha value is -6.00. The Kier molecular flexibility index (Phi) is 11.2. The van der Waals surface area contributed by atoms with Crippen LogP contribution >= 0.6 is 22.7 Å². The molecule has 3 aromatic carbocycles. The van der Waals surface area contributed by atoms with Crippen LogP contribution < -0.4 is 18.9 Å². The largest absolute Gasteiger partial charge is 0.485 e. The number of benzene rings is 3. The van der Waals surface area contributed by atoms with Crippen LogP contribution in [0.1, 0.15) is 66.6 Å². The smallest absolute Gasteiger partial charge is 0.349 e. The fraction of sp³-hybridized carbons (Fsp3) is 0.205. The molecule has 0 amide bonds. The van der Waals surface area contributed by atoms with Gasteiger partial charge in [-0.05, 0) is 97.5 Å². The van der Waals surface area contributed by atoms with E-state index in [-0.39, 0.29) is 17.5 Å². The van der Waals surface area contributed by atoms with Crippen molar-refractivity contribution in [3.63, 3.8) is 0 Å². The number of aromatic nitrogens is 3. The number of esters is 2. The molecule has 55 heavy (non-hydrogen) atoms. The van der Waals surface area contributed by atoms with Crippen molar-refractivity contribution in [1.82, 2.24) is 15.0 Å². The lowest BCUT2D eigenvalue weighted by atomic mass is 9.97. The number of hydrogen-bond acceptors (Lipinski definition) is 13. The number of fused-ring (bicyclic) bond motifs is 2. The molecule has 0 N–H and O–H groups in total. The summed E-state index contributed by atoms with van der Waals surface area (Å²) in [6, 6.07) is 15.5. The van der Waals surface area contributed by atoms with E-state index in [9.17, 15) is 22.8 Å². The number of pyridine rings is 1. The first-order valence-electron chi connectivity index (χ1n) is 16.7. The van der Waals surface area contributed by atoms with E-state index in [4.69, 9.17) is 18.9 Å². The van der Waals surface area contributed by atoms with Gasteiger partial charge in [0, 0.05) is 17.3 Å². The van der Waals surface area contributed by atoms with Crippen LogP contribution in [0, 0.1) is 17.5 Å². The second kappa shape index (κ2) is 16.6. The van der Waals surface area contributed by atoms with Gasteiger partial charge < -0.3 is 28.4 Å². The Balaban J connectivity index is 0.000000169. The van der Waals surface area contributed by atoms with Gasteiger partial charge in [-0.25, -0.2) is 32.7 Å². The zero-order valence-corrected chi connectivity index (χ0v) is 30.8. The number of nitrogens with zero attached hydrogens (tertiary/aromatic N) is 3. The van der Waals surface area contributed by atoms with E-state index in [1.165, 1.54) is 44.9 Å². The monoisotopic (exact) mass is 789 g/mol. The van der Waals surface area contributed by atoms with Gasteiger partial charge in [-0.15, -0.1) is 0 Å². The quantitative estimate of drug-likeness (QED) is 0.137. The molecular weight excluding hydrogens is 760 g/mol. The van der Waals surface area contributed by atoms with E-state index in [2.05, 4.69) is 24.4 Å². The van der Waals surface area contributed by atoms with Crippen molar-refractivity contribution in [1.29, 1.82) is 0 Å². The molecule has 0 saturated carbocycles. The van der Waals surface area contributed by atoms with Crippen LogP contribution in [0.4, 0.5) is 13.2 Å². The molecule has 0 saturated heterocycles. The number of ether oxygens (including phenoxy) is 6. The maximum Gasteiger partial charge on any atom is 0.349 e. The fourth-order valence-corrected chi connectivity index (χ4v) is 7.29. The highest BCUT2D eigenvalue weighted by molar-refractivity contribution is 7.15. The maximum absolute atomic E-state index is 14.0. The molecule has 3 aromatic heterocycles. The lowest BCUT2D eigenvalue weighted by Gasteiger charge is -2.27. The number of aryl methyl sites for hydroxylation is 2. The number of halogens is 3. The first-order valence-corrected chi connectivity index (χ1v) is 18.4. The second-order valence-corrected chi connectivity index (χ2v) is 14.1. The van der Waals surface area contributed by atoms with E-state index in [0.717, 1.165) is 63.7 Å². The van der Waals surface area contributed by atoms with Crippen molar-refractivity contribution in [2.24, 2.45) is 0 Å². The summed E-state index contributed by atoms with van der Waals surface area (Å²) in [6.07, 6.45) is 7.46. The summed E-state index contributed by atoms with van der Waals surface area (Å²) in [5.74, 6) is 0.210. The van der Waals surface area contributed by atoms with Gasteiger partial charge in [0.2, 0.25) is 0 Å². The standard InChI is InChI=1S/C20H15F2NO4S.C19H15FN2O4S/c1-25-19(24)18-10-23-20(28-18)26-13-4-7-16-11(8-13)2-6-17(27-16)14-9-12(21)3-5-15(14)22;1-24-18(23)17-10-22-19(27-17)25-14-3-5-15-11(7-14)2-4-16(26-15)12-6-13(20)9-21-8-12/h3-5,7-10,17H,2,6H2,1H3;3,5-10,16H,2,4H2,1H3. The summed E-state index contributed by atoms with van der Waals surface area (Å²) in [5, 5.41) is 0.674. The lowest BCUT2D eigenvalue weighted by Crippen LogP contribution is -2.16. The van der Waals surface area contributed by atoms with Crippen molar-refractivity contribution in [3.8, 4) is 33.4 Å². The molecule has 0 fully saturated rings. The molecule has 2 aliphatic heterocycles. The van der Waals surface area contributed by atoms with Crippen LogP contribution in [0.15, 0.2) is 85.5 Å². The normalized spacial score (nSPS) is 15.5. The number of carbonyl (C=O) groups is 2. The van der Waals surface area contributed by atoms with Gasteiger partial charge >= 0.3 is 11.9 Å². The first kappa shape index (κ1) is 37.3. The summed E-state index contributed by atoms with van der Waals surface area (Å²) in [6.45, 7) is 0. The zero-order valence-electron chi connectivity index (χ0n) is 29.1. The van der Waals surface area contributed by atoms with Crippen molar-refractivity contribution in [3.05, 3.63) is 135 Å². The zero-order chi connectivity index (χ0) is 38.5. The van der Waals surface area contributed by atoms with Crippen LogP contribution in [0.3, 0.4) is 0 Å². The number of rotatable bonds is 8. The summed E-state index contributed by atoms with van der Waals surface area (Å²) in [4.78, 5) is 35.7. The highest BCUT2D eigenvalue weighted by Gasteiger charge is 2.26. The molecule has 6 aromatic rings. The Labute approximate surface area is 320 Å². The molecule has 0 spiro atoms. The number of thiazole rings is 2. The molecule has 2 aliphatic rings.